The van der Waals surface area contributed by atoms with Crippen molar-refractivity contribution in [2.24, 2.45) is 0 Å². The highest BCUT2D eigenvalue weighted by Crippen LogP contribution is 2.39. The van der Waals surface area contributed by atoms with E-state index in [4.69, 9.17) is 21.1 Å². The van der Waals surface area contributed by atoms with E-state index in [0.717, 1.165) is 27.5 Å². The summed E-state index contributed by atoms with van der Waals surface area (Å²) < 4.78 is 13.6. The highest BCUT2D eigenvalue weighted by Gasteiger charge is 2.44. The Morgan fingerprint density at radius 2 is 1.85 bits per heavy atom. The van der Waals surface area contributed by atoms with Crippen LogP contribution < -0.4 is 4.74 Å². The second-order valence-corrected chi connectivity index (χ2v) is 9.17. The molecule has 0 unspecified atom stereocenters. The number of aryl methyl sites for hydroxylation is 1. The molecule has 0 aliphatic carbocycles. The number of nitrogens with zero attached hydrogens (tertiary/aromatic N) is 3. The van der Waals surface area contributed by atoms with Gasteiger partial charge in [0.15, 0.2) is 6.23 Å². The van der Waals surface area contributed by atoms with E-state index in [-0.39, 0.29) is 0 Å². The standard InChI is InChI=1S/C24H22ClN3O4S/c1-14-10-26-13-28(14)24-21(30)20(29)22(32-24)15-4-8-19(9-5-15)31-11-18-12-33-23(27-18)16-2-6-17(25)7-3-16/h2-10,12-13,20-22,24,29-30H,11H2,1H3/t20-,21+,22+,24-/m1/s1. The van der Waals surface area contributed by atoms with Gasteiger partial charge in [-0.1, -0.05) is 35.9 Å². The van der Waals surface area contributed by atoms with E-state index >= 15 is 0 Å². The maximum atomic E-state index is 10.5. The second kappa shape index (κ2) is 9.24. The van der Waals surface area contributed by atoms with E-state index in [9.17, 15) is 10.2 Å². The SMILES string of the molecule is Cc1cncn1[C@@H]1O[C@@H](c2ccc(OCc3csc(-c4ccc(Cl)cc4)n3)cc2)[C@H](O)[C@@H]1O. The Labute approximate surface area is 199 Å². The maximum Gasteiger partial charge on any atom is 0.164 e. The molecule has 1 saturated heterocycles. The number of halogens is 1. The number of benzene rings is 2. The molecule has 0 amide bonds. The molecule has 1 aliphatic heterocycles. The molecule has 9 heteroatoms. The van der Waals surface area contributed by atoms with Crippen LogP contribution in [0.5, 0.6) is 5.75 Å². The molecule has 2 aromatic carbocycles. The number of aliphatic hydroxyl groups excluding tert-OH is 2. The first-order valence-corrected chi connectivity index (χ1v) is 11.7. The molecule has 5 rings (SSSR count). The molecular weight excluding hydrogens is 462 g/mol. The van der Waals surface area contributed by atoms with Crippen molar-refractivity contribution in [3.8, 4) is 16.3 Å². The van der Waals surface area contributed by atoms with Gasteiger partial charge in [0.05, 0.1) is 12.0 Å². The molecular formula is C24H22ClN3O4S. The first-order valence-electron chi connectivity index (χ1n) is 10.4. The number of hydrogen-bond donors (Lipinski definition) is 2. The predicted molar refractivity (Wildman–Crippen MR) is 125 cm³/mol. The third-order valence-corrected chi connectivity index (χ3v) is 6.80. The molecule has 33 heavy (non-hydrogen) atoms. The Morgan fingerprint density at radius 1 is 1.09 bits per heavy atom. The summed E-state index contributed by atoms with van der Waals surface area (Å²) >= 11 is 7.51. The van der Waals surface area contributed by atoms with Gasteiger partial charge in [-0.05, 0) is 36.8 Å². The molecule has 0 saturated carbocycles. The van der Waals surface area contributed by atoms with Crippen LogP contribution in [0.25, 0.3) is 10.6 Å². The van der Waals surface area contributed by atoms with Gasteiger partial charge < -0.3 is 24.3 Å². The van der Waals surface area contributed by atoms with Crippen molar-refractivity contribution in [3.05, 3.63) is 88.4 Å². The van der Waals surface area contributed by atoms with Gasteiger partial charge in [0.1, 0.15) is 35.7 Å². The van der Waals surface area contributed by atoms with E-state index in [0.29, 0.717) is 17.4 Å². The summed E-state index contributed by atoms with van der Waals surface area (Å²) in [5.41, 5.74) is 3.46. The van der Waals surface area contributed by atoms with E-state index in [1.54, 1.807) is 28.4 Å². The largest absolute Gasteiger partial charge is 0.487 e. The number of aliphatic hydroxyl groups is 2. The number of imidazole rings is 1. The van der Waals surface area contributed by atoms with Gasteiger partial charge in [-0.15, -0.1) is 11.3 Å². The van der Waals surface area contributed by atoms with Crippen molar-refractivity contribution in [2.45, 2.75) is 38.1 Å². The summed E-state index contributed by atoms with van der Waals surface area (Å²) in [4.78, 5) is 8.69. The first-order chi connectivity index (χ1) is 16.0. The predicted octanol–water partition coefficient (Wildman–Crippen LogP) is 4.54. The summed E-state index contributed by atoms with van der Waals surface area (Å²) in [6.45, 7) is 2.21. The molecule has 1 aliphatic rings. The monoisotopic (exact) mass is 483 g/mol. The van der Waals surface area contributed by atoms with E-state index < -0.39 is 24.5 Å². The van der Waals surface area contributed by atoms with Crippen LogP contribution in [-0.4, -0.2) is 37.0 Å². The zero-order chi connectivity index (χ0) is 22.9. The van der Waals surface area contributed by atoms with Gasteiger partial charge in [0.2, 0.25) is 0 Å². The van der Waals surface area contributed by atoms with Gasteiger partial charge in [-0.3, -0.25) is 0 Å². The summed E-state index contributed by atoms with van der Waals surface area (Å²) in [6, 6.07) is 14.9. The molecule has 4 atom stereocenters. The number of ether oxygens (including phenoxy) is 2. The lowest BCUT2D eigenvalue weighted by molar-refractivity contribution is -0.0390. The fourth-order valence-corrected chi connectivity index (χ4v) is 4.75. The van der Waals surface area contributed by atoms with Crippen LogP contribution in [0.1, 0.15) is 29.3 Å². The minimum Gasteiger partial charge on any atom is -0.487 e. The normalized spacial score (nSPS) is 22.5. The molecule has 2 N–H and O–H groups in total. The van der Waals surface area contributed by atoms with Crippen molar-refractivity contribution in [2.75, 3.05) is 0 Å². The molecule has 0 radical (unpaired) electrons. The zero-order valence-electron chi connectivity index (χ0n) is 17.7. The van der Waals surface area contributed by atoms with Gasteiger partial charge in [0.25, 0.3) is 0 Å². The van der Waals surface area contributed by atoms with Gasteiger partial charge in [0, 0.05) is 27.9 Å². The first kappa shape index (κ1) is 22.1. The molecule has 3 heterocycles. The molecule has 2 aromatic heterocycles. The summed E-state index contributed by atoms with van der Waals surface area (Å²) in [5, 5.41) is 24.6. The van der Waals surface area contributed by atoms with Crippen molar-refractivity contribution in [1.29, 1.82) is 0 Å². The molecule has 1 fully saturated rings. The summed E-state index contributed by atoms with van der Waals surface area (Å²) in [6.07, 6.45) is -0.179. The Morgan fingerprint density at radius 3 is 2.55 bits per heavy atom. The van der Waals surface area contributed by atoms with Gasteiger partial charge in [-0.25, -0.2) is 9.97 Å². The number of hydrogen-bond acceptors (Lipinski definition) is 7. The number of rotatable bonds is 6. The molecule has 0 spiro atoms. The number of aromatic nitrogens is 3. The summed E-state index contributed by atoms with van der Waals surface area (Å²) in [7, 11) is 0. The van der Waals surface area contributed by atoms with Crippen molar-refractivity contribution in [3.63, 3.8) is 0 Å². The highest BCUT2D eigenvalue weighted by molar-refractivity contribution is 7.13. The average molecular weight is 484 g/mol. The molecule has 7 nitrogen and oxygen atoms in total. The third kappa shape index (κ3) is 4.53. The molecule has 4 aromatic rings. The minimum absolute atomic E-state index is 0.340. The van der Waals surface area contributed by atoms with Crippen LogP contribution in [0.4, 0.5) is 0 Å². The average Bonchev–Trinajstić information content (AvgIpc) is 3.54. The fraction of sp³-hybridized carbons (Fsp3) is 0.250. The van der Waals surface area contributed by atoms with Gasteiger partial charge >= 0.3 is 0 Å². The minimum atomic E-state index is -1.06. The lowest BCUT2D eigenvalue weighted by Crippen LogP contribution is -2.29. The lowest BCUT2D eigenvalue weighted by atomic mass is 10.0. The van der Waals surface area contributed by atoms with Crippen LogP contribution >= 0.6 is 22.9 Å². The molecule has 170 valence electrons. The number of thiazole rings is 1. The molecule has 0 bridgehead atoms. The quantitative estimate of drug-likeness (QED) is 0.418. The van der Waals surface area contributed by atoms with Crippen LogP contribution in [-0.2, 0) is 11.3 Å². The zero-order valence-corrected chi connectivity index (χ0v) is 19.3. The van der Waals surface area contributed by atoms with E-state index in [2.05, 4.69) is 9.97 Å². The van der Waals surface area contributed by atoms with Crippen LogP contribution in [0.3, 0.4) is 0 Å². The van der Waals surface area contributed by atoms with Crippen LogP contribution in [0, 0.1) is 6.92 Å². The third-order valence-electron chi connectivity index (χ3n) is 5.61. The second-order valence-electron chi connectivity index (χ2n) is 7.88. The maximum absolute atomic E-state index is 10.5. The van der Waals surface area contributed by atoms with Gasteiger partial charge in [-0.2, -0.15) is 0 Å². The summed E-state index contributed by atoms with van der Waals surface area (Å²) in [5.74, 6) is 0.676. The van der Waals surface area contributed by atoms with Crippen molar-refractivity contribution in [1.82, 2.24) is 14.5 Å². The Bertz CT molecular complexity index is 1230. The van der Waals surface area contributed by atoms with Crippen LogP contribution in [0.15, 0.2) is 66.4 Å². The lowest BCUT2D eigenvalue weighted by Gasteiger charge is -2.17. The highest BCUT2D eigenvalue weighted by atomic mass is 35.5. The van der Waals surface area contributed by atoms with Crippen LogP contribution in [0.2, 0.25) is 5.02 Å². The fourth-order valence-electron chi connectivity index (χ4n) is 3.81. The Hall–Kier alpha value is -2.75. The smallest absolute Gasteiger partial charge is 0.164 e. The Balaban J connectivity index is 1.22. The van der Waals surface area contributed by atoms with E-state index in [1.807, 2.05) is 60.8 Å². The van der Waals surface area contributed by atoms with E-state index in [1.165, 1.54) is 0 Å². The van der Waals surface area contributed by atoms with Crippen molar-refractivity contribution < 1.29 is 19.7 Å². The van der Waals surface area contributed by atoms with Crippen molar-refractivity contribution >= 4 is 22.9 Å². The Kier molecular flexibility index (Phi) is 6.18. The topological polar surface area (TPSA) is 89.6 Å².